The average Bonchev–Trinajstić information content (AvgIpc) is 3.62. The maximum atomic E-state index is 5.40. The Morgan fingerprint density at radius 3 is 1.68 bits per heavy atom. The van der Waals surface area contributed by atoms with Crippen molar-refractivity contribution >= 4 is 0 Å². The summed E-state index contributed by atoms with van der Waals surface area (Å²) in [5, 5.41) is 0. The van der Waals surface area contributed by atoms with Crippen LogP contribution in [0.4, 0.5) is 0 Å². The fraction of sp³-hybridized carbons (Fsp3) is 0.0976. The van der Waals surface area contributed by atoms with E-state index in [1.165, 1.54) is 44.5 Å². The van der Waals surface area contributed by atoms with Gasteiger partial charge in [-0.25, -0.2) is 15.0 Å². The molecular weight excluding hydrogens is 534 g/mol. The first kappa shape index (κ1) is 25.1. The molecule has 0 amide bonds. The SMILES string of the molecule is C1=CC2c3ccccc3C(c3nc(-c4ccc(-c5ccccc5)cc4)nc(C4c5ccccc5-c5ccccc54)n3)C2C=C1. The van der Waals surface area contributed by atoms with Gasteiger partial charge < -0.3 is 0 Å². The number of hydrogen-bond acceptors (Lipinski definition) is 3. The van der Waals surface area contributed by atoms with Crippen molar-refractivity contribution in [3.63, 3.8) is 0 Å². The van der Waals surface area contributed by atoms with Crippen LogP contribution in [0.2, 0.25) is 0 Å². The second kappa shape index (κ2) is 10.1. The summed E-state index contributed by atoms with van der Waals surface area (Å²) >= 11 is 0. The van der Waals surface area contributed by atoms with Crippen molar-refractivity contribution in [1.29, 1.82) is 0 Å². The van der Waals surface area contributed by atoms with Gasteiger partial charge in [0.2, 0.25) is 0 Å². The molecule has 208 valence electrons. The van der Waals surface area contributed by atoms with E-state index in [0.717, 1.165) is 23.0 Å². The number of fused-ring (bicyclic) bond motifs is 6. The van der Waals surface area contributed by atoms with Crippen LogP contribution in [0.5, 0.6) is 0 Å². The Labute approximate surface area is 257 Å². The van der Waals surface area contributed by atoms with E-state index in [1.54, 1.807) is 0 Å². The van der Waals surface area contributed by atoms with Gasteiger partial charge in [0.05, 0.1) is 11.8 Å². The molecule has 0 radical (unpaired) electrons. The van der Waals surface area contributed by atoms with E-state index < -0.39 is 0 Å². The summed E-state index contributed by atoms with van der Waals surface area (Å²) in [7, 11) is 0. The summed E-state index contributed by atoms with van der Waals surface area (Å²) < 4.78 is 0. The van der Waals surface area contributed by atoms with Gasteiger partial charge in [-0.05, 0) is 44.5 Å². The highest BCUT2D eigenvalue weighted by Gasteiger charge is 2.42. The number of rotatable bonds is 4. The molecule has 0 N–H and O–H groups in total. The van der Waals surface area contributed by atoms with Crippen LogP contribution in [0.1, 0.15) is 51.7 Å². The van der Waals surface area contributed by atoms with Gasteiger partial charge in [0, 0.05) is 17.4 Å². The molecule has 0 saturated heterocycles. The Balaban J connectivity index is 1.24. The number of nitrogens with zero attached hydrogens (tertiary/aromatic N) is 3. The predicted molar refractivity (Wildman–Crippen MR) is 176 cm³/mol. The van der Waals surface area contributed by atoms with Crippen molar-refractivity contribution in [2.75, 3.05) is 0 Å². The van der Waals surface area contributed by atoms with Gasteiger partial charge in [-0.15, -0.1) is 0 Å². The lowest BCUT2D eigenvalue weighted by Gasteiger charge is -2.23. The van der Waals surface area contributed by atoms with Gasteiger partial charge in [0.25, 0.3) is 0 Å². The summed E-state index contributed by atoms with van der Waals surface area (Å²) in [6.07, 6.45) is 9.02. The van der Waals surface area contributed by atoms with Crippen LogP contribution in [0.3, 0.4) is 0 Å². The zero-order chi connectivity index (χ0) is 29.0. The minimum atomic E-state index is -0.0549. The third-order valence-corrected chi connectivity index (χ3v) is 9.54. The first-order valence-electron chi connectivity index (χ1n) is 15.4. The van der Waals surface area contributed by atoms with Gasteiger partial charge in [0.1, 0.15) is 11.6 Å². The van der Waals surface area contributed by atoms with Crippen molar-refractivity contribution in [3.8, 4) is 33.6 Å². The van der Waals surface area contributed by atoms with E-state index in [4.69, 9.17) is 15.0 Å². The van der Waals surface area contributed by atoms with E-state index in [2.05, 4.69) is 146 Å². The summed E-state index contributed by atoms with van der Waals surface area (Å²) in [4.78, 5) is 15.9. The largest absolute Gasteiger partial charge is 0.216 e. The standard InChI is InChI=1S/C41H29N3/c1-2-12-26(13-3-1)27-22-24-28(25-23-27)39-42-40(37-33-18-8-4-14-29(33)30-15-5-9-19-34(30)37)44-41(43-39)38-35-20-10-6-16-31(35)32-17-7-11-21-36(32)38/h1-25,29,33,37-38H. The maximum Gasteiger partial charge on any atom is 0.163 e. The van der Waals surface area contributed by atoms with Crippen LogP contribution in [0, 0.1) is 5.92 Å². The highest BCUT2D eigenvalue weighted by molar-refractivity contribution is 5.80. The number of hydrogen-bond donors (Lipinski definition) is 0. The van der Waals surface area contributed by atoms with Gasteiger partial charge in [-0.3, -0.25) is 0 Å². The number of benzene rings is 5. The average molecular weight is 564 g/mol. The normalized spacial score (nSPS) is 19.3. The highest BCUT2D eigenvalue weighted by Crippen LogP contribution is 2.52. The molecule has 1 heterocycles. The maximum absolute atomic E-state index is 5.40. The molecule has 9 rings (SSSR count). The zero-order valence-corrected chi connectivity index (χ0v) is 24.1. The summed E-state index contributed by atoms with van der Waals surface area (Å²) in [6, 6.07) is 45.3. The van der Waals surface area contributed by atoms with Crippen molar-refractivity contribution in [2.24, 2.45) is 5.92 Å². The molecule has 6 aromatic rings. The Hall–Kier alpha value is -5.41. The monoisotopic (exact) mass is 563 g/mol. The van der Waals surface area contributed by atoms with Gasteiger partial charge in [-0.2, -0.15) is 0 Å². The van der Waals surface area contributed by atoms with Crippen LogP contribution in [-0.2, 0) is 0 Å². The van der Waals surface area contributed by atoms with Crippen molar-refractivity contribution < 1.29 is 0 Å². The van der Waals surface area contributed by atoms with Crippen molar-refractivity contribution in [2.45, 2.75) is 17.8 Å². The van der Waals surface area contributed by atoms with Gasteiger partial charge >= 0.3 is 0 Å². The molecule has 3 aliphatic rings. The van der Waals surface area contributed by atoms with E-state index in [0.29, 0.717) is 5.92 Å². The Kier molecular flexibility index (Phi) is 5.77. The van der Waals surface area contributed by atoms with E-state index >= 15 is 0 Å². The fourth-order valence-electron chi connectivity index (χ4n) is 7.55. The molecule has 1 aromatic heterocycles. The Morgan fingerprint density at radius 2 is 0.955 bits per heavy atom. The second-order valence-electron chi connectivity index (χ2n) is 11.9. The summed E-state index contributed by atoms with van der Waals surface area (Å²) in [5.41, 5.74) is 11.1. The van der Waals surface area contributed by atoms with E-state index in [9.17, 15) is 0 Å². The molecule has 0 aliphatic heterocycles. The first-order chi connectivity index (χ1) is 21.8. The lowest BCUT2D eigenvalue weighted by molar-refractivity contribution is 0.541. The van der Waals surface area contributed by atoms with Crippen LogP contribution in [0.25, 0.3) is 33.6 Å². The molecule has 3 unspecified atom stereocenters. The second-order valence-corrected chi connectivity index (χ2v) is 11.9. The molecule has 0 spiro atoms. The number of aromatic nitrogens is 3. The molecule has 0 fully saturated rings. The van der Waals surface area contributed by atoms with Crippen LogP contribution >= 0.6 is 0 Å². The van der Waals surface area contributed by atoms with E-state index in [1.807, 2.05) is 6.07 Å². The molecule has 3 heteroatoms. The molecular formula is C41H29N3. The van der Waals surface area contributed by atoms with Gasteiger partial charge in [0.15, 0.2) is 5.82 Å². The smallest absolute Gasteiger partial charge is 0.163 e. The fourth-order valence-corrected chi connectivity index (χ4v) is 7.55. The third-order valence-electron chi connectivity index (χ3n) is 9.54. The lowest BCUT2D eigenvalue weighted by Crippen LogP contribution is -2.18. The van der Waals surface area contributed by atoms with E-state index in [-0.39, 0.29) is 17.8 Å². The summed E-state index contributed by atoms with van der Waals surface area (Å²) in [6.45, 7) is 0. The minimum absolute atomic E-state index is 0.0494. The Bertz CT molecular complexity index is 2050. The molecule has 3 nitrogen and oxygen atoms in total. The Morgan fingerprint density at radius 1 is 0.409 bits per heavy atom. The lowest BCUT2D eigenvalue weighted by atomic mass is 9.83. The van der Waals surface area contributed by atoms with Crippen LogP contribution in [-0.4, -0.2) is 15.0 Å². The molecule has 3 atom stereocenters. The molecule has 3 aliphatic carbocycles. The zero-order valence-electron chi connectivity index (χ0n) is 24.1. The molecule has 44 heavy (non-hydrogen) atoms. The number of allylic oxidation sites excluding steroid dienone is 4. The first-order valence-corrected chi connectivity index (χ1v) is 15.4. The quantitative estimate of drug-likeness (QED) is 0.214. The highest BCUT2D eigenvalue weighted by atomic mass is 15.0. The van der Waals surface area contributed by atoms with Crippen LogP contribution in [0.15, 0.2) is 152 Å². The van der Waals surface area contributed by atoms with Crippen LogP contribution < -0.4 is 0 Å². The minimum Gasteiger partial charge on any atom is -0.216 e. The van der Waals surface area contributed by atoms with Crippen molar-refractivity contribution in [3.05, 3.63) is 186 Å². The third kappa shape index (κ3) is 3.93. The molecule has 5 aromatic carbocycles. The summed E-state index contributed by atoms with van der Waals surface area (Å²) in [5.74, 6) is 2.97. The van der Waals surface area contributed by atoms with Crippen molar-refractivity contribution in [1.82, 2.24) is 15.0 Å². The molecule has 0 bridgehead atoms. The molecule has 0 saturated carbocycles. The topological polar surface area (TPSA) is 38.7 Å². The van der Waals surface area contributed by atoms with Gasteiger partial charge in [-0.1, -0.05) is 152 Å². The predicted octanol–water partition coefficient (Wildman–Crippen LogP) is 9.34.